The number of thioether (sulfide) groups is 1. The summed E-state index contributed by atoms with van der Waals surface area (Å²) in [4.78, 5) is 11.7. The minimum atomic E-state index is -0.218. The van der Waals surface area contributed by atoms with E-state index < -0.39 is 0 Å². The van der Waals surface area contributed by atoms with Crippen molar-refractivity contribution in [2.24, 2.45) is 0 Å². The number of aliphatic hydroxyl groups is 1. The maximum Gasteiger partial charge on any atom is 0.272 e. The summed E-state index contributed by atoms with van der Waals surface area (Å²) in [6.45, 7) is 3.75. The number of carbonyl (C=O) groups is 1. The predicted octanol–water partition coefficient (Wildman–Crippen LogP) is 0.560. The number of amides is 1. The molecule has 1 aromatic heterocycles. The molecule has 1 amide bonds. The Morgan fingerprint density at radius 3 is 2.88 bits per heavy atom. The van der Waals surface area contributed by atoms with Crippen LogP contribution >= 0.6 is 11.8 Å². The lowest BCUT2D eigenvalue weighted by Gasteiger charge is -2.20. The van der Waals surface area contributed by atoms with Gasteiger partial charge in [-0.1, -0.05) is 0 Å². The predicted molar refractivity (Wildman–Crippen MR) is 64.6 cm³/mol. The summed E-state index contributed by atoms with van der Waals surface area (Å²) >= 11 is 1.53. The molecule has 90 valence electrons. The first-order valence-electron chi connectivity index (χ1n) is 5.05. The maximum atomic E-state index is 11.7. The molecule has 2 atom stereocenters. The number of nitrogens with one attached hydrogen (secondary N) is 2. The van der Waals surface area contributed by atoms with Crippen molar-refractivity contribution in [3.8, 4) is 0 Å². The molecule has 6 heteroatoms. The van der Waals surface area contributed by atoms with E-state index in [0.717, 1.165) is 5.69 Å². The molecular formula is C10H17N3O2S. The van der Waals surface area contributed by atoms with Crippen LogP contribution in [0.4, 0.5) is 0 Å². The van der Waals surface area contributed by atoms with Crippen molar-refractivity contribution in [2.75, 3.05) is 12.9 Å². The van der Waals surface area contributed by atoms with Gasteiger partial charge in [-0.15, -0.1) is 0 Å². The standard InChI is InChI=1S/C10H17N3O2S/c1-6-4-8(13-12-6)10(15)11-7(2)9(5-14)16-3/h4,7,9,14H,5H2,1-3H3,(H,11,15)(H,12,13). The molecule has 1 heterocycles. The Kier molecular flexibility index (Phi) is 4.82. The van der Waals surface area contributed by atoms with Gasteiger partial charge in [0, 0.05) is 17.0 Å². The van der Waals surface area contributed by atoms with Crippen LogP contribution in [-0.2, 0) is 0 Å². The minimum Gasteiger partial charge on any atom is -0.395 e. The molecule has 16 heavy (non-hydrogen) atoms. The third kappa shape index (κ3) is 3.24. The zero-order valence-electron chi connectivity index (χ0n) is 9.65. The first-order chi connectivity index (χ1) is 7.58. The first-order valence-corrected chi connectivity index (χ1v) is 6.33. The van der Waals surface area contributed by atoms with E-state index in [2.05, 4.69) is 15.5 Å². The highest BCUT2D eigenvalue weighted by Gasteiger charge is 2.19. The molecule has 0 spiro atoms. The average molecular weight is 243 g/mol. The Morgan fingerprint density at radius 1 is 1.75 bits per heavy atom. The number of nitrogens with zero attached hydrogens (tertiary/aromatic N) is 1. The van der Waals surface area contributed by atoms with Gasteiger partial charge in [0.15, 0.2) is 0 Å². The van der Waals surface area contributed by atoms with E-state index in [1.807, 2.05) is 20.1 Å². The number of aromatic nitrogens is 2. The summed E-state index contributed by atoms with van der Waals surface area (Å²) in [5.74, 6) is -0.218. The van der Waals surface area contributed by atoms with E-state index in [0.29, 0.717) is 5.69 Å². The molecule has 0 bridgehead atoms. The fourth-order valence-electron chi connectivity index (χ4n) is 1.34. The third-order valence-electron chi connectivity index (χ3n) is 2.34. The molecule has 0 saturated carbocycles. The molecule has 0 aromatic carbocycles. The Balaban J connectivity index is 2.57. The van der Waals surface area contributed by atoms with Crippen LogP contribution in [-0.4, -0.2) is 45.4 Å². The SMILES string of the molecule is CSC(CO)C(C)NC(=O)c1cc(C)[nH]n1. The van der Waals surface area contributed by atoms with Gasteiger partial charge < -0.3 is 10.4 Å². The van der Waals surface area contributed by atoms with Crippen molar-refractivity contribution in [1.29, 1.82) is 0 Å². The van der Waals surface area contributed by atoms with Gasteiger partial charge in [0.05, 0.1) is 6.61 Å². The fraction of sp³-hybridized carbons (Fsp3) is 0.600. The van der Waals surface area contributed by atoms with E-state index in [1.54, 1.807) is 6.07 Å². The van der Waals surface area contributed by atoms with E-state index in [-0.39, 0.29) is 23.8 Å². The third-order valence-corrected chi connectivity index (χ3v) is 3.50. The van der Waals surface area contributed by atoms with Gasteiger partial charge in [-0.25, -0.2) is 0 Å². The fourth-order valence-corrected chi connectivity index (χ4v) is 1.97. The van der Waals surface area contributed by atoms with E-state index in [4.69, 9.17) is 5.11 Å². The zero-order valence-corrected chi connectivity index (χ0v) is 10.5. The van der Waals surface area contributed by atoms with Crippen LogP contribution in [0, 0.1) is 6.92 Å². The zero-order chi connectivity index (χ0) is 12.1. The summed E-state index contributed by atoms with van der Waals surface area (Å²) in [5, 5.41) is 18.5. The maximum absolute atomic E-state index is 11.7. The summed E-state index contributed by atoms with van der Waals surface area (Å²) < 4.78 is 0. The molecular weight excluding hydrogens is 226 g/mol. The first kappa shape index (κ1) is 13.1. The number of hydrogen-bond donors (Lipinski definition) is 3. The van der Waals surface area contributed by atoms with Crippen molar-refractivity contribution in [1.82, 2.24) is 15.5 Å². The second-order valence-corrected chi connectivity index (χ2v) is 4.73. The lowest BCUT2D eigenvalue weighted by molar-refractivity contribution is 0.0931. The number of aryl methyl sites for hydroxylation is 1. The molecule has 0 radical (unpaired) electrons. The van der Waals surface area contributed by atoms with Crippen LogP contribution in [0.2, 0.25) is 0 Å². The van der Waals surface area contributed by atoms with Crippen LogP contribution < -0.4 is 5.32 Å². The molecule has 0 aliphatic rings. The largest absolute Gasteiger partial charge is 0.395 e. The van der Waals surface area contributed by atoms with E-state index in [1.165, 1.54) is 11.8 Å². The van der Waals surface area contributed by atoms with Gasteiger partial charge in [0.25, 0.3) is 5.91 Å². The molecule has 2 unspecified atom stereocenters. The minimum absolute atomic E-state index is 0.00369. The molecule has 0 fully saturated rings. The second kappa shape index (κ2) is 5.91. The van der Waals surface area contributed by atoms with Gasteiger partial charge in [-0.2, -0.15) is 16.9 Å². The van der Waals surface area contributed by atoms with Crippen molar-refractivity contribution in [3.63, 3.8) is 0 Å². The molecule has 5 nitrogen and oxygen atoms in total. The van der Waals surface area contributed by atoms with Crippen LogP contribution in [0.25, 0.3) is 0 Å². The number of aromatic amines is 1. The van der Waals surface area contributed by atoms with Gasteiger partial charge in [0.1, 0.15) is 5.69 Å². The van der Waals surface area contributed by atoms with Crippen molar-refractivity contribution < 1.29 is 9.90 Å². The molecule has 3 N–H and O–H groups in total. The normalized spacial score (nSPS) is 14.5. The highest BCUT2D eigenvalue weighted by Crippen LogP contribution is 2.10. The van der Waals surface area contributed by atoms with Crippen LogP contribution in [0.3, 0.4) is 0 Å². The van der Waals surface area contributed by atoms with Crippen LogP contribution in [0.1, 0.15) is 23.1 Å². The van der Waals surface area contributed by atoms with Crippen LogP contribution in [0.15, 0.2) is 6.07 Å². The average Bonchev–Trinajstić information content (AvgIpc) is 2.66. The molecule has 1 rings (SSSR count). The van der Waals surface area contributed by atoms with Gasteiger partial charge in [0.2, 0.25) is 0 Å². The van der Waals surface area contributed by atoms with Crippen molar-refractivity contribution in [3.05, 3.63) is 17.5 Å². The number of rotatable bonds is 5. The van der Waals surface area contributed by atoms with Gasteiger partial charge in [-0.3, -0.25) is 9.89 Å². The van der Waals surface area contributed by atoms with Crippen LogP contribution in [0.5, 0.6) is 0 Å². The number of carbonyl (C=O) groups excluding carboxylic acids is 1. The Labute approximate surface area is 99.0 Å². The van der Waals surface area contributed by atoms with Gasteiger partial charge >= 0.3 is 0 Å². The number of hydrogen-bond acceptors (Lipinski definition) is 4. The highest BCUT2D eigenvalue weighted by molar-refractivity contribution is 7.99. The van der Waals surface area contributed by atoms with Crippen molar-refractivity contribution >= 4 is 17.7 Å². The monoisotopic (exact) mass is 243 g/mol. The Bertz CT molecular complexity index is 350. The smallest absolute Gasteiger partial charge is 0.272 e. The van der Waals surface area contributed by atoms with E-state index >= 15 is 0 Å². The summed E-state index contributed by atoms with van der Waals surface area (Å²) in [6, 6.07) is 1.60. The summed E-state index contributed by atoms with van der Waals surface area (Å²) in [5.41, 5.74) is 1.23. The summed E-state index contributed by atoms with van der Waals surface area (Å²) in [7, 11) is 0. The van der Waals surface area contributed by atoms with E-state index in [9.17, 15) is 4.79 Å². The summed E-state index contributed by atoms with van der Waals surface area (Å²) in [6.07, 6.45) is 1.90. The molecule has 0 aliphatic carbocycles. The molecule has 0 saturated heterocycles. The highest BCUT2D eigenvalue weighted by atomic mass is 32.2. The lowest BCUT2D eigenvalue weighted by Crippen LogP contribution is -2.41. The van der Waals surface area contributed by atoms with Gasteiger partial charge in [-0.05, 0) is 26.2 Å². The Hall–Kier alpha value is -1.01. The molecule has 0 aliphatic heterocycles. The topological polar surface area (TPSA) is 78.0 Å². The Morgan fingerprint density at radius 2 is 2.44 bits per heavy atom. The number of H-pyrrole nitrogens is 1. The molecule has 1 aromatic rings. The second-order valence-electron chi connectivity index (χ2n) is 3.66. The van der Waals surface area contributed by atoms with Crippen molar-refractivity contribution in [2.45, 2.75) is 25.1 Å². The lowest BCUT2D eigenvalue weighted by atomic mass is 10.2. The number of aliphatic hydroxyl groups excluding tert-OH is 1. The quantitative estimate of drug-likeness (QED) is 0.706.